The van der Waals surface area contributed by atoms with E-state index in [1.807, 2.05) is 48.5 Å². The molecule has 6 heteroatoms. The number of hydrogen-bond acceptors (Lipinski definition) is 4. The molecule has 1 amide bonds. The lowest BCUT2D eigenvalue weighted by Crippen LogP contribution is -2.28. The Morgan fingerprint density at radius 1 is 1.19 bits per heavy atom. The van der Waals surface area contributed by atoms with Crippen molar-refractivity contribution in [2.24, 2.45) is 11.7 Å². The van der Waals surface area contributed by atoms with Gasteiger partial charge in [-0.3, -0.25) is 4.79 Å². The Morgan fingerprint density at radius 2 is 2.00 bits per heavy atom. The van der Waals surface area contributed by atoms with Crippen LogP contribution in [0.5, 0.6) is 0 Å². The zero-order valence-corrected chi connectivity index (χ0v) is 15.9. The van der Waals surface area contributed by atoms with E-state index in [9.17, 15) is 4.79 Å². The number of amides is 1. The summed E-state index contributed by atoms with van der Waals surface area (Å²) in [5, 5.41) is 2.96. The Bertz CT molecular complexity index is 910. The van der Waals surface area contributed by atoms with Crippen molar-refractivity contribution < 1.29 is 9.21 Å². The second-order valence-corrected chi connectivity index (χ2v) is 7.06. The second-order valence-electron chi connectivity index (χ2n) is 7.06. The van der Waals surface area contributed by atoms with Gasteiger partial charge in [-0.2, -0.15) is 0 Å². The zero-order chi connectivity index (χ0) is 17.9. The minimum Gasteiger partial charge on any atom is -0.440 e. The number of aromatic nitrogens is 1. The molecule has 2 aromatic carbocycles. The molecule has 3 aromatic rings. The second kappa shape index (κ2) is 8.55. The predicted octanol–water partition coefficient (Wildman–Crippen LogP) is 4.30. The standard InChI is InChI=1S/C21H23N3O2.ClH/c22-17-8-4-7-15(17)12-20(25)23-16-9-10-18-19(13-16)26-21(24-18)11-14-5-2-1-3-6-14;/h1-3,5-6,9-10,13,15,17H,4,7-8,11-12,22H2,(H,23,25);1H/t15-,17+;/m0./s1. The van der Waals surface area contributed by atoms with Crippen LogP contribution in [0, 0.1) is 5.92 Å². The number of benzene rings is 2. The van der Waals surface area contributed by atoms with Crippen LogP contribution in [0.4, 0.5) is 5.69 Å². The van der Waals surface area contributed by atoms with Gasteiger partial charge in [0.1, 0.15) is 5.52 Å². The minimum atomic E-state index is 0. The van der Waals surface area contributed by atoms with Crippen LogP contribution in [0.1, 0.15) is 37.1 Å². The summed E-state index contributed by atoms with van der Waals surface area (Å²) in [5.74, 6) is 0.976. The SMILES string of the molecule is Cl.N[C@@H]1CCC[C@H]1CC(=O)Nc1ccc2nc(Cc3ccccc3)oc2c1. The number of halogens is 1. The van der Waals surface area contributed by atoms with Crippen molar-refractivity contribution >= 4 is 35.1 Å². The molecule has 142 valence electrons. The molecule has 0 bridgehead atoms. The maximum absolute atomic E-state index is 12.3. The van der Waals surface area contributed by atoms with Crippen molar-refractivity contribution in [2.75, 3.05) is 5.32 Å². The molecule has 5 nitrogen and oxygen atoms in total. The van der Waals surface area contributed by atoms with Crippen LogP contribution in [-0.4, -0.2) is 16.9 Å². The van der Waals surface area contributed by atoms with E-state index < -0.39 is 0 Å². The predicted molar refractivity (Wildman–Crippen MR) is 109 cm³/mol. The molecule has 2 atom stereocenters. The van der Waals surface area contributed by atoms with Crippen molar-refractivity contribution in [3.8, 4) is 0 Å². The molecular weight excluding hydrogens is 362 g/mol. The monoisotopic (exact) mass is 385 g/mol. The summed E-state index contributed by atoms with van der Waals surface area (Å²) in [4.78, 5) is 16.8. The van der Waals surface area contributed by atoms with Crippen molar-refractivity contribution in [3.63, 3.8) is 0 Å². The maximum Gasteiger partial charge on any atom is 0.224 e. The topological polar surface area (TPSA) is 81.2 Å². The highest BCUT2D eigenvalue weighted by Crippen LogP contribution is 2.27. The molecule has 0 aliphatic heterocycles. The summed E-state index contributed by atoms with van der Waals surface area (Å²) in [7, 11) is 0. The summed E-state index contributed by atoms with van der Waals surface area (Å²) in [5.41, 5.74) is 9.43. The highest BCUT2D eigenvalue weighted by molar-refractivity contribution is 5.92. The van der Waals surface area contributed by atoms with E-state index in [0.29, 0.717) is 30.2 Å². The van der Waals surface area contributed by atoms with Crippen molar-refractivity contribution in [2.45, 2.75) is 38.1 Å². The highest BCUT2D eigenvalue weighted by atomic mass is 35.5. The summed E-state index contributed by atoms with van der Waals surface area (Å²) in [6.45, 7) is 0. The van der Waals surface area contributed by atoms with Gasteiger partial charge in [0.15, 0.2) is 11.5 Å². The van der Waals surface area contributed by atoms with Crippen LogP contribution >= 0.6 is 12.4 Å². The van der Waals surface area contributed by atoms with E-state index in [1.165, 1.54) is 0 Å². The van der Waals surface area contributed by atoms with E-state index in [0.717, 1.165) is 36.0 Å². The van der Waals surface area contributed by atoms with Gasteiger partial charge in [0, 0.05) is 30.6 Å². The number of anilines is 1. The molecular formula is C21H24ClN3O2. The Hall–Kier alpha value is -2.37. The van der Waals surface area contributed by atoms with E-state index >= 15 is 0 Å². The molecule has 1 fully saturated rings. The number of rotatable bonds is 5. The van der Waals surface area contributed by atoms with Gasteiger partial charge in [0.25, 0.3) is 0 Å². The quantitative estimate of drug-likeness (QED) is 0.686. The largest absolute Gasteiger partial charge is 0.440 e. The van der Waals surface area contributed by atoms with Crippen LogP contribution in [-0.2, 0) is 11.2 Å². The molecule has 1 saturated carbocycles. The molecule has 0 radical (unpaired) electrons. The van der Waals surface area contributed by atoms with E-state index in [2.05, 4.69) is 10.3 Å². The number of oxazole rings is 1. The van der Waals surface area contributed by atoms with Crippen molar-refractivity contribution in [3.05, 3.63) is 60.0 Å². The van der Waals surface area contributed by atoms with Gasteiger partial charge in [-0.25, -0.2) is 4.98 Å². The van der Waals surface area contributed by atoms with Crippen LogP contribution in [0.25, 0.3) is 11.1 Å². The Balaban J connectivity index is 0.00000210. The van der Waals surface area contributed by atoms with E-state index in [1.54, 1.807) is 0 Å². The first-order chi connectivity index (χ1) is 12.7. The van der Waals surface area contributed by atoms with Crippen LogP contribution < -0.4 is 11.1 Å². The number of fused-ring (bicyclic) bond motifs is 1. The number of nitrogens with two attached hydrogens (primary N) is 1. The summed E-state index contributed by atoms with van der Waals surface area (Å²) < 4.78 is 5.86. The summed E-state index contributed by atoms with van der Waals surface area (Å²) in [6.07, 6.45) is 4.31. The van der Waals surface area contributed by atoms with Crippen LogP contribution in [0.3, 0.4) is 0 Å². The van der Waals surface area contributed by atoms with Crippen LogP contribution in [0.15, 0.2) is 52.9 Å². The van der Waals surface area contributed by atoms with Gasteiger partial charge in [0.2, 0.25) is 5.91 Å². The lowest BCUT2D eigenvalue weighted by atomic mass is 10.00. The van der Waals surface area contributed by atoms with E-state index in [-0.39, 0.29) is 24.4 Å². The molecule has 0 spiro atoms. The van der Waals surface area contributed by atoms with Crippen molar-refractivity contribution in [1.82, 2.24) is 4.98 Å². The Labute approximate surface area is 164 Å². The fourth-order valence-corrected chi connectivity index (χ4v) is 3.67. The Morgan fingerprint density at radius 3 is 2.74 bits per heavy atom. The zero-order valence-electron chi connectivity index (χ0n) is 15.1. The van der Waals surface area contributed by atoms with Gasteiger partial charge in [-0.15, -0.1) is 12.4 Å². The molecule has 27 heavy (non-hydrogen) atoms. The number of carbonyl (C=O) groups is 1. The lowest BCUT2D eigenvalue weighted by molar-refractivity contribution is -0.117. The molecule has 1 aromatic heterocycles. The third kappa shape index (κ3) is 4.67. The maximum atomic E-state index is 12.3. The number of carbonyl (C=O) groups excluding carboxylic acids is 1. The third-order valence-electron chi connectivity index (χ3n) is 5.08. The van der Waals surface area contributed by atoms with E-state index in [4.69, 9.17) is 10.2 Å². The summed E-state index contributed by atoms with van der Waals surface area (Å²) in [6, 6.07) is 15.8. The molecule has 3 N–H and O–H groups in total. The average molecular weight is 386 g/mol. The average Bonchev–Trinajstić information content (AvgIpc) is 3.21. The number of hydrogen-bond donors (Lipinski definition) is 2. The molecule has 4 rings (SSSR count). The van der Waals surface area contributed by atoms with Gasteiger partial charge in [-0.1, -0.05) is 36.8 Å². The fourth-order valence-electron chi connectivity index (χ4n) is 3.67. The first-order valence-corrected chi connectivity index (χ1v) is 9.16. The Kier molecular flexibility index (Phi) is 6.14. The lowest BCUT2D eigenvalue weighted by Gasteiger charge is -2.14. The number of nitrogens with one attached hydrogen (secondary N) is 1. The molecule has 0 saturated heterocycles. The fraction of sp³-hybridized carbons (Fsp3) is 0.333. The van der Waals surface area contributed by atoms with Gasteiger partial charge < -0.3 is 15.5 Å². The summed E-state index contributed by atoms with van der Waals surface area (Å²) >= 11 is 0. The molecule has 1 aliphatic rings. The number of nitrogens with zero attached hydrogens (tertiary/aromatic N) is 1. The first kappa shape index (κ1) is 19.4. The third-order valence-corrected chi connectivity index (χ3v) is 5.08. The van der Waals surface area contributed by atoms with Gasteiger partial charge in [-0.05, 0) is 36.5 Å². The molecule has 1 aliphatic carbocycles. The molecule has 1 heterocycles. The molecule has 0 unspecified atom stereocenters. The minimum absolute atomic E-state index is 0. The highest BCUT2D eigenvalue weighted by Gasteiger charge is 2.26. The van der Waals surface area contributed by atoms with Gasteiger partial charge in [0.05, 0.1) is 0 Å². The van der Waals surface area contributed by atoms with Crippen LogP contribution in [0.2, 0.25) is 0 Å². The van der Waals surface area contributed by atoms with Gasteiger partial charge >= 0.3 is 0 Å². The normalized spacial score (nSPS) is 19.0. The first-order valence-electron chi connectivity index (χ1n) is 9.16. The van der Waals surface area contributed by atoms with Crippen molar-refractivity contribution in [1.29, 1.82) is 0 Å². The smallest absolute Gasteiger partial charge is 0.224 e.